The Hall–Kier alpha value is -2.57. The lowest BCUT2D eigenvalue weighted by atomic mass is 9.95. The Bertz CT molecular complexity index is 837. The molecule has 1 aromatic carbocycles. The van der Waals surface area contributed by atoms with Crippen molar-refractivity contribution < 1.29 is 19.1 Å². The van der Waals surface area contributed by atoms with Gasteiger partial charge in [0.1, 0.15) is 17.7 Å². The van der Waals surface area contributed by atoms with Crippen molar-refractivity contribution in [1.29, 1.82) is 0 Å². The molecule has 0 aliphatic rings. The molecule has 0 heterocycles. The monoisotopic (exact) mass is 489 g/mol. The summed E-state index contributed by atoms with van der Waals surface area (Å²) in [7, 11) is 0. The molecule has 198 valence electrons. The van der Waals surface area contributed by atoms with Gasteiger partial charge in [0.25, 0.3) is 0 Å². The van der Waals surface area contributed by atoms with Gasteiger partial charge in [-0.3, -0.25) is 9.59 Å². The number of ether oxygens (including phenoxy) is 1. The van der Waals surface area contributed by atoms with Gasteiger partial charge < -0.3 is 20.3 Å². The largest absolute Gasteiger partial charge is 0.444 e. The van der Waals surface area contributed by atoms with E-state index in [0.717, 1.165) is 24.0 Å². The Morgan fingerprint density at radius 3 is 2.03 bits per heavy atom. The second-order valence-corrected chi connectivity index (χ2v) is 11.4. The van der Waals surface area contributed by atoms with Gasteiger partial charge in [-0.25, -0.2) is 4.79 Å². The Morgan fingerprint density at radius 1 is 1.00 bits per heavy atom. The van der Waals surface area contributed by atoms with Crippen molar-refractivity contribution in [3.8, 4) is 0 Å². The van der Waals surface area contributed by atoms with E-state index in [1.165, 1.54) is 0 Å². The molecule has 0 fully saturated rings. The third-order valence-corrected chi connectivity index (χ3v) is 5.64. The summed E-state index contributed by atoms with van der Waals surface area (Å²) in [6, 6.07) is 6.05. The van der Waals surface area contributed by atoms with Gasteiger partial charge in [-0.2, -0.15) is 0 Å². The fourth-order valence-corrected chi connectivity index (χ4v) is 3.65. The number of nitrogens with zero attached hydrogens (tertiary/aromatic N) is 1. The Labute approximate surface area is 212 Å². The molecule has 3 unspecified atom stereocenters. The number of unbranched alkanes of at least 4 members (excludes halogenated alkanes) is 1. The van der Waals surface area contributed by atoms with Crippen molar-refractivity contribution in [3.05, 3.63) is 35.4 Å². The zero-order valence-electron chi connectivity index (χ0n) is 23.5. The number of rotatable bonds is 10. The average Bonchev–Trinajstić information content (AvgIpc) is 2.72. The van der Waals surface area contributed by atoms with Crippen molar-refractivity contribution in [2.45, 2.75) is 112 Å². The summed E-state index contributed by atoms with van der Waals surface area (Å²) in [5, 5.41) is 5.85. The van der Waals surface area contributed by atoms with Gasteiger partial charge in [0.2, 0.25) is 11.8 Å². The molecule has 35 heavy (non-hydrogen) atoms. The number of alkyl carbamates (subject to hydrolysis) is 1. The average molecular weight is 490 g/mol. The fraction of sp³-hybridized carbons (Fsp3) is 0.679. The first-order chi connectivity index (χ1) is 16.1. The summed E-state index contributed by atoms with van der Waals surface area (Å²) < 4.78 is 5.45. The number of hydrogen-bond donors (Lipinski definition) is 2. The molecule has 3 amide bonds. The van der Waals surface area contributed by atoms with E-state index < -0.39 is 29.3 Å². The molecule has 1 rings (SSSR count). The van der Waals surface area contributed by atoms with Crippen LogP contribution in [0.15, 0.2) is 24.3 Å². The first kappa shape index (κ1) is 30.5. The van der Waals surface area contributed by atoms with E-state index in [2.05, 4.69) is 10.6 Å². The van der Waals surface area contributed by atoms with Crippen molar-refractivity contribution in [2.75, 3.05) is 6.54 Å². The molecule has 0 radical (unpaired) electrons. The highest BCUT2D eigenvalue weighted by atomic mass is 16.6. The second-order valence-electron chi connectivity index (χ2n) is 11.4. The summed E-state index contributed by atoms with van der Waals surface area (Å²) in [5.74, 6) is -0.678. The van der Waals surface area contributed by atoms with Crippen molar-refractivity contribution in [3.63, 3.8) is 0 Å². The molecular weight excluding hydrogens is 442 g/mol. The molecule has 0 saturated carbocycles. The Balaban J connectivity index is 3.51. The standard InChI is InChI=1S/C28H47N3O4/c1-11-13-18-31(25(33)22(20(4)12-2)29-26(34)35-28(8,9)10)23(24(32)30-27(5,6)7)21-16-14-19(3)15-17-21/h14-17,20,22-23H,11-13,18H2,1-10H3,(H,29,34)(H,30,32). The molecule has 2 N–H and O–H groups in total. The number of carbonyl (C=O) groups excluding carboxylic acids is 3. The van der Waals surface area contributed by atoms with E-state index in [9.17, 15) is 14.4 Å². The normalized spacial score (nSPS) is 14.5. The lowest BCUT2D eigenvalue weighted by molar-refractivity contribution is -0.144. The van der Waals surface area contributed by atoms with Gasteiger partial charge in [0.05, 0.1) is 0 Å². The van der Waals surface area contributed by atoms with Crippen LogP contribution in [0, 0.1) is 12.8 Å². The SMILES string of the molecule is CCCCN(C(=O)C(NC(=O)OC(C)(C)C)C(C)CC)C(C(=O)NC(C)(C)C)c1ccc(C)cc1. The number of nitrogens with one attached hydrogen (secondary N) is 2. The molecule has 0 bridgehead atoms. The minimum Gasteiger partial charge on any atom is -0.444 e. The van der Waals surface area contributed by atoms with Crippen LogP contribution in [-0.4, -0.2) is 46.5 Å². The van der Waals surface area contributed by atoms with Gasteiger partial charge in [-0.15, -0.1) is 0 Å². The zero-order valence-corrected chi connectivity index (χ0v) is 23.5. The topological polar surface area (TPSA) is 87.7 Å². The van der Waals surface area contributed by atoms with Crippen LogP contribution in [0.5, 0.6) is 0 Å². The van der Waals surface area contributed by atoms with Gasteiger partial charge >= 0.3 is 6.09 Å². The molecule has 0 aliphatic heterocycles. The maximum absolute atomic E-state index is 14.1. The molecule has 7 nitrogen and oxygen atoms in total. The molecule has 7 heteroatoms. The predicted octanol–water partition coefficient (Wildman–Crippen LogP) is 5.52. The third-order valence-electron chi connectivity index (χ3n) is 5.64. The molecule has 1 aromatic rings. The highest BCUT2D eigenvalue weighted by Crippen LogP contribution is 2.26. The number of hydrogen-bond acceptors (Lipinski definition) is 4. The number of aryl methyl sites for hydroxylation is 1. The van der Waals surface area contributed by atoms with Gasteiger partial charge in [-0.05, 0) is 66.4 Å². The van der Waals surface area contributed by atoms with Gasteiger partial charge in [0, 0.05) is 12.1 Å². The van der Waals surface area contributed by atoms with E-state index in [-0.39, 0.29) is 17.7 Å². The van der Waals surface area contributed by atoms with Crippen LogP contribution in [0.25, 0.3) is 0 Å². The lowest BCUT2D eigenvalue weighted by Gasteiger charge is -2.37. The van der Waals surface area contributed by atoms with Crippen LogP contribution in [0.4, 0.5) is 4.79 Å². The summed E-state index contributed by atoms with van der Waals surface area (Å²) in [6.07, 6.45) is 1.63. The molecule has 3 atom stereocenters. The van der Waals surface area contributed by atoms with E-state index in [1.807, 2.05) is 72.7 Å². The summed E-state index contributed by atoms with van der Waals surface area (Å²) >= 11 is 0. The van der Waals surface area contributed by atoms with Crippen LogP contribution >= 0.6 is 0 Å². The fourth-order valence-electron chi connectivity index (χ4n) is 3.65. The molecule has 0 spiro atoms. The molecular formula is C28H47N3O4. The third kappa shape index (κ3) is 10.3. The summed E-state index contributed by atoms with van der Waals surface area (Å²) in [4.78, 5) is 42.0. The number of carbonyl (C=O) groups is 3. The van der Waals surface area contributed by atoms with E-state index in [1.54, 1.807) is 25.7 Å². The van der Waals surface area contributed by atoms with Gasteiger partial charge in [0.15, 0.2) is 0 Å². The van der Waals surface area contributed by atoms with Crippen molar-refractivity contribution >= 4 is 17.9 Å². The molecule has 0 saturated heterocycles. The van der Waals surface area contributed by atoms with Crippen LogP contribution < -0.4 is 10.6 Å². The summed E-state index contributed by atoms with van der Waals surface area (Å²) in [6.45, 7) is 19.4. The van der Waals surface area contributed by atoms with Crippen LogP contribution in [0.1, 0.15) is 98.7 Å². The van der Waals surface area contributed by atoms with Crippen molar-refractivity contribution in [1.82, 2.24) is 15.5 Å². The number of benzene rings is 1. The Morgan fingerprint density at radius 2 is 1.57 bits per heavy atom. The number of amides is 3. The van der Waals surface area contributed by atoms with E-state index in [0.29, 0.717) is 13.0 Å². The van der Waals surface area contributed by atoms with E-state index >= 15 is 0 Å². The maximum Gasteiger partial charge on any atom is 0.408 e. The first-order valence-corrected chi connectivity index (χ1v) is 12.8. The smallest absolute Gasteiger partial charge is 0.408 e. The second kappa shape index (κ2) is 12.9. The summed E-state index contributed by atoms with van der Waals surface area (Å²) in [5.41, 5.74) is 0.650. The predicted molar refractivity (Wildman–Crippen MR) is 141 cm³/mol. The first-order valence-electron chi connectivity index (χ1n) is 12.8. The minimum atomic E-state index is -0.819. The van der Waals surface area contributed by atoms with Crippen molar-refractivity contribution in [2.24, 2.45) is 5.92 Å². The maximum atomic E-state index is 14.1. The molecule has 0 aromatic heterocycles. The van der Waals surface area contributed by atoms with Crippen LogP contribution in [0.2, 0.25) is 0 Å². The van der Waals surface area contributed by atoms with E-state index in [4.69, 9.17) is 4.74 Å². The zero-order chi connectivity index (χ0) is 27.0. The minimum absolute atomic E-state index is 0.150. The highest BCUT2D eigenvalue weighted by molar-refractivity contribution is 5.92. The quantitative estimate of drug-likeness (QED) is 0.453. The van der Waals surface area contributed by atoms with Crippen LogP contribution in [-0.2, 0) is 14.3 Å². The van der Waals surface area contributed by atoms with Gasteiger partial charge in [-0.1, -0.05) is 63.4 Å². The Kier molecular flexibility index (Phi) is 11.3. The van der Waals surface area contributed by atoms with Crippen LogP contribution in [0.3, 0.4) is 0 Å². The lowest BCUT2D eigenvalue weighted by Crippen LogP contribution is -2.56. The molecule has 0 aliphatic carbocycles. The highest BCUT2D eigenvalue weighted by Gasteiger charge is 2.38.